The summed E-state index contributed by atoms with van der Waals surface area (Å²) in [5.74, 6) is -0.456. The smallest absolute Gasteiger partial charge is 0.273 e. The van der Waals surface area contributed by atoms with Gasteiger partial charge in [0.2, 0.25) is 0 Å². The van der Waals surface area contributed by atoms with E-state index in [1.165, 1.54) is 19.2 Å². The molecule has 8 heteroatoms. The van der Waals surface area contributed by atoms with Crippen molar-refractivity contribution in [2.75, 3.05) is 12.4 Å². The highest BCUT2D eigenvalue weighted by molar-refractivity contribution is 7.80. The number of hydrazine groups is 1. The van der Waals surface area contributed by atoms with Crippen molar-refractivity contribution in [3.05, 3.63) is 58.4 Å². The van der Waals surface area contributed by atoms with Gasteiger partial charge in [-0.2, -0.15) is 0 Å². The van der Waals surface area contributed by atoms with Crippen molar-refractivity contribution in [2.45, 2.75) is 6.92 Å². The maximum absolute atomic E-state index is 13.5. The van der Waals surface area contributed by atoms with Crippen LogP contribution in [0.15, 0.2) is 36.4 Å². The minimum atomic E-state index is -0.478. The van der Waals surface area contributed by atoms with Crippen LogP contribution in [-0.4, -0.2) is 18.1 Å². The Morgan fingerprint density at radius 3 is 2.62 bits per heavy atom. The molecular formula is C16H15ClFN3O2S. The number of benzene rings is 2. The Kier molecular flexibility index (Phi) is 5.94. The molecule has 0 fully saturated rings. The predicted octanol–water partition coefficient (Wildman–Crippen LogP) is 3.43. The minimum absolute atomic E-state index is 0.104. The van der Waals surface area contributed by atoms with Crippen molar-refractivity contribution in [3.8, 4) is 5.75 Å². The van der Waals surface area contributed by atoms with E-state index in [0.717, 1.165) is 0 Å². The molecule has 2 rings (SSSR count). The number of anilines is 1. The number of thiocarbonyl (C=S) groups is 1. The molecule has 2 aromatic rings. The first-order valence-electron chi connectivity index (χ1n) is 6.87. The van der Waals surface area contributed by atoms with Crippen molar-refractivity contribution in [2.24, 2.45) is 0 Å². The van der Waals surface area contributed by atoms with Crippen molar-refractivity contribution in [3.63, 3.8) is 0 Å². The first-order valence-corrected chi connectivity index (χ1v) is 7.66. The second-order valence-corrected chi connectivity index (χ2v) is 5.69. The molecule has 3 N–H and O–H groups in total. The van der Waals surface area contributed by atoms with Crippen LogP contribution < -0.4 is 20.9 Å². The molecule has 2 aromatic carbocycles. The van der Waals surface area contributed by atoms with Gasteiger partial charge in [-0.25, -0.2) is 4.39 Å². The number of hydrogen-bond donors (Lipinski definition) is 3. The molecule has 0 aliphatic rings. The number of nitrogens with one attached hydrogen (secondary N) is 3. The van der Waals surface area contributed by atoms with E-state index in [1.807, 2.05) is 0 Å². The highest BCUT2D eigenvalue weighted by Crippen LogP contribution is 2.22. The van der Waals surface area contributed by atoms with E-state index in [4.69, 9.17) is 28.6 Å². The summed E-state index contributed by atoms with van der Waals surface area (Å²) < 4.78 is 18.6. The number of ether oxygens (including phenoxy) is 1. The molecule has 0 aliphatic heterocycles. The minimum Gasteiger partial charge on any atom is -0.496 e. The monoisotopic (exact) mass is 367 g/mol. The van der Waals surface area contributed by atoms with Crippen LogP contribution in [0.5, 0.6) is 5.75 Å². The molecule has 24 heavy (non-hydrogen) atoms. The van der Waals surface area contributed by atoms with E-state index >= 15 is 0 Å². The maximum atomic E-state index is 13.5. The van der Waals surface area contributed by atoms with E-state index in [2.05, 4.69) is 16.2 Å². The van der Waals surface area contributed by atoms with Crippen LogP contribution in [0.4, 0.5) is 10.1 Å². The molecule has 0 spiro atoms. The van der Waals surface area contributed by atoms with Crippen molar-refractivity contribution in [1.82, 2.24) is 10.9 Å². The number of hydrogen-bond acceptors (Lipinski definition) is 3. The highest BCUT2D eigenvalue weighted by Gasteiger charge is 2.13. The normalized spacial score (nSPS) is 10.0. The summed E-state index contributed by atoms with van der Waals surface area (Å²) in [7, 11) is 1.45. The second-order valence-electron chi connectivity index (χ2n) is 4.84. The van der Waals surface area contributed by atoms with Gasteiger partial charge in [-0.3, -0.25) is 15.6 Å². The summed E-state index contributed by atoms with van der Waals surface area (Å²) in [6.45, 7) is 1.66. The van der Waals surface area contributed by atoms with E-state index in [9.17, 15) is 9.18 Å². The van der Waals surface area contributed by atoms with E-state index in [-0.39, 0.29) is 16.5 Å². The zero-order chi connectivity index (χ0) is 17.7. The van der Waals surface area contributed by atoms with E-state index < -0.39 is 5.91 Å². The van der Waals surface area contributed by atoms with Crippen molar-refractivity contribution >= 4 is 40.5 Å². The molecule has 0 aliphatic carbocycles. The Morgan fingerprint density at radius 1 is 1.21 bits per heavy atom. The van der Waals surface area contributed by atoms with Gasteiger partial charge in [0.05, 0.1) is 12.7 Å². The lowest BCUT2D eigenvalue weighted by atomic mass is 10.2. The summed E-state index contributed by atoms with van der Waals surface area (Å²) in [6.07, 6.45) is 0. The SMILES string of the molecule is COc1ccc(Cl)cc1C(=O)NNC(=S)Nc1ccc(C)c(F)c1. The van der Waals surface area contributed by atoms with Gasteiger partial charge in [-0.15, -0.1) is 0 Å². The lowest BCUT2D eigenvalue weighted by Crippen LogP contribution is -2.43. The second kappa shape index (κ2) is 7.94. The topological polar surface area (TPSA) is 62.4 Å². The van der Waals surface area contributed by atoms with Gasteiger partial charge in [0.15, 0.2) is 5.11 Å². The summed E-state index contributed by atoms with van der Waals surface area (Å²) in [5, 5.41) is 3.27. The number of halogens is 2. The summed E-state index contributed by atoms with van der Waals surface area (Å²) in [5.41, 5.74) is 6.20. The molecule has 0 saturated carbocycles. The quantitative estimate of drug-likeness (QED) is 0.573. The van der Waals surface area contributed by atoms with Gasteiger partial charge in [-0.05, 0) is 55.0 Å². The largest absolute Gasteiger partial charge is 0.496 e. The number of rotatable bonds is 3. The molecule has 0 saturated heterocycles. The number of carbonyl (C=O) groups excluding carboxylic acids is 1. The van der Waals surface area contributed by atoms with Crippen LogP contribution in [0.1, 0.15) is 15.9 Å². The molecule has 0 heterocycles. The summed E-state index contributed by atoms with van der Waals surface area (Å²) in [4.78, 5) is 12.2. The van der Waals surface area contributed by atoms with Gasteiger partial charge in [-0.1, -0.05) is 17.7 Å². The van der Waals surface area contributed by atoms with Crippen LogP contribution in [0.3, 0.4) is 0 Å². The lowest BCUT2D eigenvalue weighted by Gasteiger charge is -2.13. The van der Waals surface area contributed by atoms with Gasteiger partial charge >= 0.3 is 0 Å². The maximum Gasteiger partial charge on any atom is 0.273 e. The van der Waals surface area contributed by atoms with Crippen molar-refractivity contribution < 1.29 is 13.9 Å². The van der Waals surface area contributed by atoms with Crippen molar-refractivity contribution in [1.29, 1.82) is 0 Å². The van der Waals surface area contributed by atoms with Gasteiger partial charge in [0.25, 0.3) is 5.91 Å². The van der Waals surface area contributed by atoms with Gasteiger partial charge in [0, 0.05) is 10.7 Å². The van der Waals surface area contributed by atoms with E-state index in [0.29, 0.717) is 22.0 Å². The molecule has 0 atom stereocenters. The number of amides is 1. The zero-order valence-electron chi connectivity index (χ0n) is 12.9. The first kappa shape index (κ1) is 18.0. The predicted molar refractivity (Wildman–Crippen MR) is 96.0 cm³/mol. The Hall–Kier alpha value is -2.38. The van der Waals surface area contributed by atoms with Gasteiger partial charge in [0.1, 0.15) is 11.6 Å². The molecule has 0 bridgehead atoms. The average molecular weight is 368 g/mol. The Morgan fingerprint density at radius 2 is 1.96 bits per heavy atom. The third-order valence-corrected chi connectivity index (χ3v) is 3.56. The van der Waals surface area contributed by atoms with Gasteiger partial charge < -0.3 is 10.1 Å². The molecule has 0 radical (unpaired) electrons. The molecular weight excluding hydrogens is 353 g/mol. The average Bonchev–Trinajstić information content (AvgIpc) is 2.56. The molecule has 1 amide bonds. The number of methoxy groups -OCH3 is 1. The Balaban J connectivity index is 1.97. The fraction of sp³-hybridized carbons (Fsp3) is 0.125. The highest BCUT2D eigenvalue weighted by atomic mass is 35.5. The Labute approximate surface area is 149 Å². The molecule has 126 valence electrons. The first-order chi connectivity index (χ1) is 11.4. The molecule has 5 nitrogen and oxygen atoms in total. The standard InChI is InChI=1S/C16H15ClFN3O2S/c1-9-3-5-11(8-13(9)18)19-16(24)21-20-15(22)12-7-10(17)4-6-14(12)23-2/h3-8H,1-2H3,(H,20,22)(H2,19,21,24). The Bertz CT molecular complexity index is 786. The summed E-state index contributed by atoms with van der Waals surface area (Å²) >= 11 is 10.9. The zero-order valence-corrected chi connectivity index (χ0v) is 14.5. The lowest BCUT2D eigenvalue weighted by molar-refractivity contribution is 0.0941. The van der Waals surface area contributed by atoms with Crippen LogP contribution in [0.2, 0.25) is 5.02 Å². The molecule has 0 unspecified atom stereocenters. The summed E-state index contributed by atoms with van der Waals surface area (Å²) in [6, 6.07) is 9.28. The number of carbonyl (C=O) groups is 1. The number of aryl methyl sites for hydroxylation is 1. The van der Waals surface area contributed by atoms with E-state index in [1.54, 1.807) is 31.2 Å². The molecule has 0 aromatic heterocycles. The fourth-order valence-electron chi connectivity index (χ4n) is 1.87. The van der Waals surface area contributed by atoms with Crippen LogP contribution in [0, 0.1) is 12.7 Å². The third kappa shape index (κ3) is 4.56. The third-order valence-electron chi connectivity index (χ3n) is 3.13. The fourth-order valence-corrected chi connectivity index (χ4v) is 2.21. The van der Waals surface area contributed by atoms with Crippen LogP contribution in [-0.2, 0) is 0 Å². The van der Waals surface area contributed by atoms with Crippen LogP contribution >= 0.6 is 23.8 Å². The van der Waals surface area contributed by atoms with Crippen LogP contribution in [0.25, 0.3) is 0 Å².